The van der Waals surface area contributed by atoms with Gasteiger partial charge in [-0.2, -0.15) is 0 Å². The van der Waals surface area contributed by atoms with Crippen LogP contribution in [-0.2, 0) is 6.54 Å². The van der Waals surface area contributed by atoms with Gasteiger partial charge in [0, 0.05) is 34.7 Å². The lowest BCUT2D eigenvalue weighted by Gasteiger charge is -2.20. The fourth-order valence-electron chi connectivity index (χ4n) is 3.97. The number of methoxy groups -OCH3 is 2. The average molecular weight is 482 g/mol. The SMILES string of the molecule is CCCCn1c(O)c(C2=Nc3ccccc3SC(c3ccc(OC)cc3OC)C2)c(=O)[nH]c1=O. The molecule has 1 aliphatic rings. The van der Waals surface area contributed by atoms with Crippen LogP contribution >= 0.6 is 11.8 Å². The first-order chi connectivity index (χ1) is 16.5. The molecule has 34 heavy (non-hydrogen) atoms. The van der Waals surface area contributed by atoms with Gasteiger partial charge in [-0.1, -0.05) is 31.5 Å². The van der Waals surface area contributed by atoms with Crippen LogP contribution in [0.5, 0.6) is 17.4 Å². The molecule has 1 aromatic heterocycles. The predicted molar refractivity (Wildman–Crippen MR) is 133 cm³/mol. The van der Waals surface area contributed by atoms with Crippen molar-refractivity contribution < 1.29 is 14.6 Å². The van der Waals surface area contributed by atoms with Gasteiger partial charge in [0.05, 0.1) is 25.6 Å². The zero-order valence-electron chi connectivity index (χ0n) is 19.3. The van der Waals surface area contributed by atoms with Crippen LogP contribution in [0.15, 0.2) is 61.9 Å². The standard InChI is InChI=1S/C25H27N3O5S/c1-4-5-12-28-24(30)22(23(29)27-25(28)31)18-14-21(34-20-9-7-6-8-17(20)26-18)16-11-10-15(32-2)13-19(16)33-3/h6-11,13,21,30H,4-5,12,14H2,1-3H3,(H,27,29,31). The molecule has 3 aromatic rings. The van der Waals surface area contributed by atoms with E-state index in [1.807, 2.05) is 49.4 Å². The lowest BCUT2D eigenvalue weighted by Crippen LogP contribution is -2.34. The molecular weight excluding hydrogens is 454 g/mol. The number of unbranched alkanes of at least 4 members (excludes halogenated alkanes) is 1. The first-order valence-electron chi connectivity index (χ1n) is 11.1. The van der Waals surface area contributed by atoms with Crippen molar-refractivity contribution in [3.63, 3.8) is 0 Å². The molecule has 1 atom stereocenters. The fourth-order valence-corrected chi connectivity index (χ4v) is 5.23. The van der Waals surface area contributed by atoms with Gasteiger partial charge < -0.3 is 14.6 Å². The number of nitrogens with zero attached hydrogens (tertiary/aromatic N) is 2. The molecule has 2 aromatic carbocycles. The van der Waals surface area contributed by atoms with Gasteiger partial charge in [0.1, 0.15) is 17.1 Å². The summed E-state index contributed by atoms with van der Waals surface area (Å²) in [5, 5.41) is 10.8. The Morgan fingerprint density at radius 1 is 1.18 bits per heavy atom. The predicted octanol–water partition coefficient (Wildman–Crippen LogP) is 4.42. The van der Waals surface area contributed by atoms with E-state index in [1.54, 1.807) is 26.0 Å². The van der Waals surface area contributed by atoms with Crippen LogP contribution in [0, 0.1) is 0 Å². The molecule has 4 rings (SSSR count). The summed E-state index contributed by atoms with van der Waals surface area (Å²) in [7, 11) is 3.20. The second-order valence-corrected chi connectivity index (χ2v) is 9.15. The Kier molecular flexibility index (Phi) is 7.12. The minimum Gasteiger partial charge on any atom is -0.497 e. The average Bonchev–Trinajstić information content (AvgIpc) is 3.02. The van der Waals surface area contributed by atoms with E-state index in [0.29, 0.717) is 42.3 Å². The maximum Gasteiger partial charge on any atom is 0.331 e. The molecule has 1 unspecified atom stereocenters. The van der Waals surface area contributed by atoms with Crippen LogP contribution in [0.25, 0.3) is 0 Å². The molecular formula is C25H27N3O5S. The second-order valence-electron chi connectivity index (χ2n) is 7.91. The van der Waals surface area contributed by atoms with Crippen molar-refractivity contribution in [2.75, 3.05) is 14.2 Å². The molecule has 0 bridgehead atoms. The third-order valence-electron chi connectivity index (χ3n) is 5.75. The number of thioether (sulfide) groups is 1. The monoisotopic (exact) mass is 481 g/mol. The summed E-state index contributed by atoms with van der Waals surface area (Å²) in [6.07, 6.45) is 1.87. The third kappa shape index (κ3) is 4.61. The molecule has 1 aliphatic heterocycles. The van der Waals surface area contributed by atoms with Crippen LogP contribution < -0.4 is 20.7 Å². The van der Waals surface area contributed by atoms with Crippen molar-refractivity contribution in [1.29, 1.82) is 0 Å². The van der Waals surface area contributed by atoms with E-state index < -0.39 is 11.2 Å². The number of aromatic amines is 1. The quantitative estimate of drug-likeness (QED) is 0.518. The number of aromatic nitrogens is 2. The molecule has 0 spiro atoms. The molecule has 0 aliphatic carbocycles. The summed E-state index contributed by atoms with van der Waals surface area (Å²) in [6.45, 7) is 2.30. The van der Waals surface area contributed by atoms with Crippen molar-refractivity contribution in [2.45, 2.75) is 42.9 Å². The Morgan fingerprint density at radius 3 is 2.71 bits per heavy atom. The van der Waals surface area contributed by atoms with Crippen LogP contribution in [0.2, 0.25) is 0 Å². The Morgan fingerprint density at radius 2 is 1.97 bits per heavy atom. The number of rotatable bonds is 7. The number of aliphatic imine (C=N–C) groups is 1. The van der Waals surface area contributed by atoms with Crippen LogP contribution in [0.4, 0.5) is 5.69 Å². The van der Waals surface area contributed by atoms with Gasteiger partial charge in [-0.25, -0.2) is 4.79 Å². The van der Waals surface area contributed by atoms with Crippen molar-refractivity contribution in [1.82, 2.24) is 9.55 Å². The van der Waals surface area contributed by atoms with Crippen LogP contribution in [-0.4, -0.2) is 34.6 Å². The number of hydrogen-bond acceptors (Lipinski definition) is 7. The van der Waals surface area contributed by atoms with Gasteiger partial charge in [-0.3, -0.25) is 19.3 Å². The van der Waals surface area contributed by atoms with Crippen LogP contribution in [0.3, 0.4) is 0 Å². The highest BCUT2D eigenvalue weighted by Crippen LogP contribution is 2.48. The number of benzene rings is 2. The topological polar surface area (TPSA) is 106 Å². The Labute approximate surface area is 201 Å². The zero-order valence-corrected chi connectivity index (χ0v) is 20.1. The third-order valence-corrected chi connectivity index (χ3v) is 7.06. The molecule has 0 amide bonds. The van der Waals surface area contributed by atoms with Gasteiger partial charge in [-0.15, -0.1) is 11.8 Å². The van der Waals surface area contributed by atoms with Crippen LogP contribution in [0.1, 0.15) is 42.6 Å². The molecule has 0 fully saturated rings. The number of nitrogens with one attached hydrogen (secondary N) is 1. The summed E-state index contributed by atoms with van der Waals surface area (Å²) < 4.78 is 12.2. The Balaban J connectivity index is 1.88. The van der Waals surface area contributed by atoms with E-state index in [0.717, 1.165) is 16.9 Å². The summed E-state index contributed by atoms with van der Waals surface area (Å²) >= 11 is 1.61. The van der Waals surface area contributed by atoms with Crippen molar-refractivity contribution in [3.8, 4) is 17.4 Å². The zero-order chi connectivity index (χ0) is 24.2. The number of aromatic hydroxyl groups is 1. The largest absolute Gasteiger partial charge is 0.497 e. The minimum atomic E-state index is -0.654. The van der Waals surface area contributed by atoms with E-state index >= 15 is 0 Å². The van der Waals surface area contributed by atoms with Gasteiger partial charge in [0.25, 0.3) is 5.56 Å². The molecule has 0 saturated carbocycles. The van der Waals surface area contributed by atoms with E-state index in [4.69, 9.17) is 14.5 Å². The van der Waals surface area contributed by atoms with E-state index in [1.165, 1.54) is 4.57 Å². The molecule has 2 N–H and O–H groups in total. The van der Waals surface area contributed by atoms with Gasteiger partial charge in [-0.05, 0) is 24.6 Å². The minimum absolute atomic E-state index is 0.0190. The highest BCUT2D eigenvalue weighted by Gasteiger charge is 2.28. The summed E-state index contributed by atoms with van der Waals surface area (Å²) in [5.41, 5.74) is 0.751. The molecule has 0 radical (unpaired) electrons. The molecule has 178 valence electrons. The first-order valence-corrected chi connectivity index (χ1v) is 12.0. The number of ether oxygens (including phenoxy) is 2. The lowest BCUT2D eigenvalue weighted by molar-refractivity contribution is 0.391. The smallest absolute Gasteiger partial charge is 0.331 e. The summed E-state index contributed by atoms with van der Waals surface area (Å²) in [6, 6.07) is 13.3. The molecule has 8 nitrogen and oxygen atoms in total. The number of para-hydroxylation sites is 1. The van der Waals surface area contributed by atoms with E-state index in [-0.39, 0.29) is 16.7 Å². The molecule has 0 saturated heterocycles. The van der Waals surface area contributed by atoms with Crippen molar-refractivity contribution in [2.24, 2.45) is 4.99 Å². The van der Waals surface area contributed by atoms with Gasteiger partial charge in [0.2, 0.25) is 5.88 Å². The van der Waals surface area contributed by atoms with E-state index in [9.17, 15) is 14.7 Å². The highest BCUT2D eigenvalue weighted by molar-refractivity contribution is 7.99. The van der Waals surface area contributed by atoms with Gasteiger partial charge in [0.15, 0.2) is 0 Å². The number of hydrogen-bond donors (Lipinski definition) is 2. The van der Waals surface area contributed by atoms with E-state index in [2.05, 4.69) is 4.98 Å². The Hall–Kier alpha value is -3.46. The number of H-pyrrole nitrogens is 1. The number of fused-ring (bicyclic) bond motifs is 1. The maximum atomic E-state index is 12.9. The highest BCUT2D eigenvalue weighted by atomic mass is 32.2. The Bertz CT molecular complexity index is 1350. The normalized spacial score (nSPS) is 15.3. The maximum absolute atomic E-state index is 12.9. The van der Waals surface area contributed by atoms with Crippen molar-refractivity contribution in [3.05, 3.63) is 74.4 Å². The lowest BCUT2D eigenvalue weighted by atomic mass is 10.0. The second kappa shape index (κ2) is 10.2. The summed E-state index contributed by atoms with van der Waals surface area (Å²) in [5.74, 6) is 0.970. The van der Waals surface area contributed by atoms with Crippen molar-refractivity contribution >= 4 is 23.2 Å². The van der Waals surface area contributed by atoms with Gasteiger partial charge >= 0.3 is 5.69 Å². The molecule has 2 heterocycles. The molecule has 9 heteroatoms. The summed E-state index contributed by atoms with van der Waals surface area (Å²) in [4.78, 5) is 33.4. The fraction of sp³-hybridized carbons (Fsp3) is 0.320. The first kappa shape index (κ1) is 23.7.